The van der Waals surface area contributed by atoms with Crippen LogP contribution in [0.4, 0.5) is 10.5 Å². The molecule has 1 aromatic carbocycles. The molecule has 2 aromatic rings. The van der Waals surface area contributed by atoms with E-state index in [0.29, 0.717) is 12.2 Å². The number of nitrogens with zero attached hydrogens (tertiary/aromatic N) is 3. The standard InChI is InChI=1S/C16H20N4O2/c1-19-10-14(15(18-19)12-6-3-2-4-7-12)17-16(22)20-9-5-8-13(20)11-21/h2-4,6-7,10,13,21H,5,8-9,11H2,1H3,(H,17,22)/t13-/m1/s1. The number of urea groups is 1. The van der Waals surface area contributed by atoms with Crippen molar-refractivity contribution in [3.63, 3.8) is 0 Å². The molecule has 2 N–H and O–H groups in total. The first-order chi connectivity index (χ1) is 10.7. The number of hydrogen-bond donors (Lipinski definition) is 2. The summed E-state index contributed by atoms with van der Waals surface area (Å²) in [4.78, 5) is 14.1. The number of hydrogen-bond acceptors (Lipinski definition) is 3. The first-order valence-electron chi connectivity index (χ1n) is 7.46. The summed E-state index contributed by atoms with van der Waals surface area (Å²) in [6.07, 6.45) is 3.57. The van der Waals surface area contributed by atoms with Crippen molar-refractivity contribution in [2.45, 2.75) is 18.9 Å². The van der Waals surface area contributed by atoms with Gasteiger partial charge in [0.25, 0.3) is 0 Å². The van der Waals surface area contributed by atoms with Crippen LogP contribution in [0.5, 0.6) is 0 Å². The minimum absolute atomic E-state index is 0.00595. The van der Waals surface area contributed by atoms with E-state index in [2.05, 4.69) is 10.4 Å². The van der Waals surface area contributed by atoms with Crippen molar-refractivity contribution >= 4 is 11.7 Å². The van der Waals surface area contributed by atoms with E-state index in [9.17, 15) is 9.90 Å². The van der Waals surface area contributed by atoms with Gasteiger partial charge in [0.1, 0.15) is 5.69 Å². The number of carbonyl (C=O) groups is 1. The largest absolute Gasteiger partial charge is 0.394 e. The summed E-state index contributed by atoms with van der Waals surface area (Å²) in [5, 5.41) is 16.7. The van der Waals surface area contributed by atoms with E-state index in [1.165, 1.54) is 0 Å². The zero-order valence-corrected chi connectivity index (χ0v) is 12.6. The minimum atomic E-state index is -0.179. The van der Waals surface area contributed by atoms with Crippen molar-refractivity contribution in [2.24, 2.45) is 7.05 Å². The summed E-state index contributed by atoms with van der Waals surface area (Å²) in [5.41, 5.74) is 2.39. The molecule has 0 aliphatic carbocycles. The predicted octanol–water partition coefficient (Wildman–Crippen LogP) is 2.08. The van der Waals surface area contributed by atoms with Crippen LogP contribution in [0.1, 0.15) is 12.8 Å². The number of nitrogens with one attached hydrogen (secondary N) is 1. The Labute approximate surface area is 129 Å². The molecule has 0 saturated carbocycles. The second-order valence-corrected chi connectivity index (χ2v) is 5.53. The van der Waals surface area contributed by atoms with E-state index in [4.69, 9.17) is 0 Å². The number of aliphatic hydroxyl groups is 1. The lowest BCUT2D eigenvalue weighted by atomic mass is 10.1. The highest BCUT2D eigenvalue weighted by Crippen LogP contribution is 2.27. The molecule has 1 aliphatic heterocycles. The van der Waals surface area contributed by atoms with E-state index < -0.39 is 0 Å². The number of rotatable bonds is 3. The molecule has 6 heteroatoms. The molecule has 0 radical (unpaired) electrons. The number of anilines is 1. The Morgan fingerprint density at radius 3 is 2.91 bits per heavy atom. The maximum atomic E-state index is 12.4. The van der Waals surface area contributed by atoms with Crippen LogP contribution in [-0.2, 0) is 7.05 Å². The first kappa shape index (κ1) is 14.6. The van der Waals surface area contributed by atoms with E-state index in [-0.39, 0.29) is 18.7 Å². The molecule has 1 aromatic heterocycles. The molecule has 0 bridgehead atoms. The maximum absolute atomic E-state index is 12.4. The van der Waals surface area contributed by atoms with Crippen LogP contribution in [0.15, 0.2) is 36.5 Å². The third kappa shape index (κ3) is 2.82. The smallest absolute Gasteiger partial charge is 0.322 e. The van der Waals surface area contributed by atoms with Gasteiger partial charge in [-0.25, -0.2) is 4.79 Å². The zero-order chi connectivity index (χ0) is 15.5. The highest BCUT2D eigenvalue weighted by molar-refractivity contribution is 5.93. The van der Waals surface area contributed by atoms with Crippen LogP contribution < -0.4 is 5.32 Å². The van der Waals surface area contributed by atoms with Crippen molar-refractivity contribution in [2.75, 3.05) is 18.5 Å². The molecule has 3 rings (SSSR count). The Morgan fingerprint density at radius 1 is 1.41 bits per heavy atom. The van der Waals surface area contributed by atoms with Gasteiger partial charge in [-0.3, -0.25) is 4.68 Å². The van der Waals surface area contributed by atoms with Gasteiger partial charge >= 0.3 is 6.03 Å². The van der Waals surface area contributed by atoms with Crippen molar-refractivity contribution < 1.29 is 9.90 Å². The molecule has 0 unspecified atom stereocenters. The molecular weight excluding hydrogens is 280 g/mol. The Morgan fingerprint density at radius 2 is 2.18 bits per heavy atom. The molecule has 2 amide bonds. The van der Waals surface area contributed by atoms with Gasteiger partial charge in [0.2, 0.25) is 0 Å². The fraction of sp³-hybridized carbons (Fsp3) is 0.375. The van der Waals surface area contributed by atoms with E-state index in [1.807, 2.05) is 37.4 Å². The van der Waals surface area contributed by atoms with Crippen LogP contribution in [0, 0.1) is 0 Å². The summed E-state index contributed by atoms with van der Waals surface area (Å²) in [6.45, 7) is 0.685. The molecule has 1 fully saturated rings. The SMILES string of the molecule is Cn1cc(NC(=O)N2CCC[C@@H]2CO)c(-c2ccccc2)n1. The Balaban J connectivity index is 1.82. The highest BCUT2D eigenvalue weighted by Gasteiger charge is 2.28. The number of aryl methyl sites for hydroxylation is 1. The Hall–Kier alpha value is -2.34. The van der Waals surface area contributed by atoms with Gasteiger partial charge in [-0.1, -0.05) is 30.3 Å². The summed E-state index contributed by atoms with van der Waals surface area (Å²) in [7, 11) is 1.83. The molecule has 1 aliphatic rings. The fourth-order valence-electron chi connectivity index (χ4n) is 2.87. The highest BCUT2D eigenvalue weighted by atomic mass is 16.3. The normalized spacial score (nSPS) is 17.7. The number of amides is 2. The van der Waals surface area contributed by atoms with E-state index >= 15 is 0 Å². The van der Waals surface area contributed by atoms with Gasteiger partial charge in [0.15, 0.2) is 0 Å². The second-order valence-electron chi connectivity index (χ2n) is 5.53. The maximum Gasteiger partial charge on any atom is 0.322 e. The van der Waals surface area contributed by atoms with Crippen LogP contribution in [0.25, 0.3) is 11.3 Å². The quantitative estimate of drug-likeness (QED) is 0.911. The average Bonchev–Trinajstić information content (AvgIpc) is 3.14. The summed E-state index contributed by atoms with van der Waals surface area (Å²) >= 11 is 0. The van der Waals surface area contributed by atoms with Crippen molar-refractivity contribution in [1.29, 1.82) is 0 Å². The van der Waals surface area contributed by atoms with Crippen LogP contribution >= 0.6 is 0 Å². The van der Waals surface area contributed by atoms with Crippen LogP contribution in [0.3, 0.4) is 0 Å². The third-order valence-electron chi connectivity index (χ3n) is 3.97. The number of aromatic nitrogens is 2. The zero-order valence-electron chi connectivity index (χ0n) is 12.6. The van der Waals surface area contributed by atoms with Crippen LogP contribution in [-0.4, -0.2) is 45.0 Å². The minimum Gasteiger partial charge on any atom is -0.394 e. The van der Waals surface area contributed by atoms with E-state index in [0.717, 1.165) is 24.1 Å². The summed E-state index contributed by atoms with van der Waals surface area (Å²) in [6, 6.07) is 9.49. The van der Waals surface area contributed by atoms with Gasteiger partial charge in [0.05, 0.1) is 18.3 Å². The number of aliphatic hydroxyl groups excluding tert-OH is 1. The molecule has 2 heterocycles. The molecule has 6 nitrogen and oxygen atoms in total. The lowest BCUT2D eigenvalue weighted by molar-refractivity contribution is 0.166. The van der Waals surface area contributed by atoms with Gasteiger partial charge in [-0.05, 0) is 12.8 Å². The fourth-order valence-corrected chi connectivity index (χ4v) is 2.87. The first-order valence-corrected chi connectivity index (χ1v) is 7.46. The van der Waals surface area contributed by atoms with Crippen molar-refractivity contribution in [1.82, 2.24) is 14.7 Å². The second kappa shape index (κ2) is 6.19. The van der Waals surface area contributed by atoms with E-state index in [1.54, 1.807) is 15.8 Å². The molecule has 1 atom stereocenters. The monoisotopic (exact) mass is 300 g/mol. The Kier molecular flexibility index (Phi) is 4.11. The van der Waals surface area contributed by atoms with Gasteiger partial charge in [-0.15, -0.1) is 0 Å². The van der Waals surface area contributed by atoms with Gasteiger partial charge in [0, 0.05) is 25.4 Å². The number of likely N-dealkylation sites (tertiary alicyclic amines) is 1. The molecule has 116 valence electrons. The summed E-state index contributed by atoms with van der Waals surface area (Å²) in [5.74, 6) is 0. The van der Waals surface area contributed by atoms with Gasteiger partial charge < -0.3 is 15.3 Å². The lowest BCUT2D eigenvalue weighted by Gasteiger charge is -2.23. The topological polar surface area (TPSA) is 70.4 Å². The molecular formula is C16H20N4O2. The molecule has 1 saturated heterocycles. The van der Waals surface area contributed by atoms with Crippen molar-refractivity contribution in [3.05, 3.63) is 36.5 Å². The molecule has 0 spiro atoms. The third-order valence-corrected chi connectivity index (χ3v) is 3.97. The average molecular weight is 300 g/mol. The Bertz CT molecular complexity index is 653. The number of benzene rings is 1. The van der Waals surface area contributed by atoms with Gasteiger partial charge in [-0.2, -0.15) is 5.10 Å². The molecule has 22 heavy (non-hydrogen) atoms. The predicted molar refractivity (Wildman–Crippen MR) is 84.5 cm³/mol. The lowest BCUT2D eigenvalue weighted by Crippen LogP contribution is -2.40. The van der Waals surface area contributed by atoms with Crippen LogP contribution in [0.2, 0.25) is 0 Å². The summed E-state index contributed by atoms with van der Waals surface area (Å²) < 4.78 is 1.69. The number of carbonyl (C=O) groups excluding carboxylic acids is 1. The van der Waals surface area contributed by atoms with Crippen molar-refractivity contribution in [3.8, 4) is 11.3 Å².